The van der Waals surface area contributed by atoms with E-state index in [1.165, 1.54) is 47.1 Å². The van der Waals surface area contributed by atoms with Crippen LogP contribution in [0.3, 0.4) is 0 Å². The van der Waals surface area contributed by atoms with Gasteiger partial charge in [-0.3, -0.25) is 0 Å². The van der Waals surface area contributed by atoms with Crippen molar-refractivity contribution in [2.45, 2.75) is 0 Å². The Morgan fingerprint density at radius 3 is 1.22 bits per heavy atom. The van der Waals surface area contributed by atoms with Gasteiger partial charge in [-0.15, -0.1) is 11.3 Å². The van der Waals surface area contributed by atoms with Crippen LogP contribution in [-0.2, 0) is 0 Å². The number of fused-ring (bicyclic) bond motifs is 19. The molecule has 0 spiro atoms. The largest absolute Gasteiger partial charge is 0.456 e. The lowest BCUT2D eigenvalue weighted by molar-refractivity contribution is 0.669. The minimum Gasteiger partial charge on any atom is -0.456 e. The standard InChI is InChI=1S/C34H20N2O.C34H20N2S.C30H18N2O/c1-2-10-22(11-3-1)32-27-18-17-21-9-4-5-13-24(21)33(27)36-34(35-32)26-15-8-12-23-19-29-25-14-6-7-16-30(25)37-31(29)20-28(23)26;1-2-10-22(11-3-1)33-32-24-13-5-4-9-21(24)17-18-29(32)35-34(36-33)26-15-8-12-23-19-28-25-14-6-7-16-30(25)37-31(28)20-27(23)26;1-2-9-19(10-3-1)29-23-13-4-6-15-26(23)31-30(32-29)22-14-8-11-20-17-25-21-12-5-7-16-27(21)33-28(25)18-24(20)22/h2*1-20H;1-18H. The van der Waals surface area contributed by atoms with Crippen LogP contribution >= 0.6 is 11.3 Å². The summed E-state index contributed by atoms with van der Waals surface area (Å²) in [5.41, 5.74) is 15.6. The van der Waals surface area contributed by atoms with Crippen LogP contribution in [0, 0.1) is 0 Å². The van der Waals surface area contributed by atoms with Gasteiger partial charge in [-0.25, -0.2) is 29.9 Å². The molecule has 0 unspecified atom stereocenters. The molecule has 0 saturated carbocycles. The fourth-order valence-electron chi connectivity index (χ4n) is 15.7. The number of benzene rings is 17. The van der Waals surface area contributed by atoms with Gasteiger partial charge in [0.2, 0.25) is 0 Å². The van der Waals surface area contributed by atoms with Gasteiger partial charge in [-0.2, -0.15) is 0 Å². The highest BCUT2D eigenvalue weighted by molar-refractivity contribution is 7.25. The fourth-order valence-corrected chi connectivity index (χ4v) is 16.8. The average Bonchev–Trinajstić information content (AvgIpc) is 1.75. The summed E-state index contributed by atoms with van der Waals surface area (Å²) in [6.45, 7) is 0. The summed E-state index contributed by atoms with van der Waals surface area (Å²) in [4.78, 5) is 30.8. The smallest absolute Gasteiger partial charge is 0.161 e. The third-order valence-electron chi connectivity index (χ3n) is 20.8. The Morgan fingerprint density at radius 1 is 0.206 bits per heavy atom. The molecule has 23 aromatic rings. The molecule has 9 heteroatoms. The molecule has 0 bridgehead atoms. The summed E-state index contributed by atoms with van der Waals surface area (Å²) in [5, 5.41) is 21.8. The molecule has 0 fully saturated rings. The van der Waals surface area contributed by atoms with Crippen LogP contribution in [0.2, 0.25) is 0 Å². The molecule has 498 valence electrons. The molecule has 0 N–H and O–H groups in total. The maximum atomic E-state index is 6.23. The molecule has 23 rings (SSSR count). The van der Waals surface area contributed by atoms with E-state index in [0.29, 0.717) is 11.6 Å². The van der Waals surface area contributed by atoms with Crippen LogP contribution < -0.4 is 0 Å². The van der Waals surface area contributed by atoms with Gasteiger partial charge >= 0.3 is 0 Å². The van der Waals surface area contributed by atoms with E-state index in [2.05, 4.69) is 279 Å². The second-order valence-corrected chi connectivity index (χ2v) is 28.2. The summed E-state index contributed by atoms with van der Waals surface area (Å²) in [7, 11) is 0. The van der Waals surface area contributed by atoms with Crippen LogP contribution in [0.25, 0.3) is 219 Å². The zero-order valence-electron chi connectivity index (χ0n) is 57.4. The Morgan fingerprint density at radius 2 is 0.626 bits per heavy atom. The normalized spacial score (nSPS) is 11.7. The molecule has 0 aliphatic carbocycles. The molecular weight excluding hydrogens is 1330 g/mol. The molecule has 0 aliphatic rings. The third kappa shape index (κ3) is 10.7. The van der Waals surface area contributed by atoms with E-state index >= 15 is 0 Å². The fraction of sp³-hybridized carbons (Fsp3) is 0. The van der Waals surface area contributed by atoms with Crippen LogP contribution in [-0.4, -0.2) is 29.9 Å². The molecule has 6 heterocycles. The minimum atomic E-state index is 0.712. The van der Waals surface area contributed by atoms with Gasteiger partial charge in [0, 0.05) is 96.6 Å². The van der Waals surface area contributed by atoms with Crippen molar-refractivity contribution in [1.82, 2.24) is 29.9 Å². The highest BCUT2D eigenvalue weighted by Gasteiger charge is 2.21. The molecule has 0 atom stereocenters. The second-order valence-electron chi connectivity index (χ2n) is 27.1. The predicted molar refractivity (Wildman–Crippen MR) is 446 cm³/mol. The van der Waals surface area contributed by atoms with Gasteiger partial charge in [0.1, 0.15) is 22.3 Å². The number of hydrogen-bond acceptors (Lipinski definition) is 9. The number of rotatable bonds is 6. The molecule has 6 aromatic heterocycles. The average molecular weight is 1380 g/mol. The summed E-state index contributed by atoms with van der Waals surface area (Å²) in [6.07, 6.45) is 0. The lowest BCUT2D eigenvalue weighted by Gasteiger charge is -2.13. The highest BCUT2D eigenvalue weighted by atomic mass is 32.1. The summed E-state index contributed by atoms with van der Waals surface area (Å²) < 4.78 is 15.0. The quantitative estimate of drug-likeness (QED) is 0.152. The minimum absolute atomic E-state index is 0.712. The molecule has 0 radical (unpaired) electrons. The SMILES string of the molecule is c1ccc(-c2nc(-c3cccc4cc5c(cc34)oc3ccccc35)nc3c2ccc2ccccc23)cc1.c1ccc(-c2nc(-c3cccc4cc5c(cc34)oc3ccccc35)nc3ccccc23)cc1.c1ccc(-c2nc(-c3cccc4cc5c(cc34)sc3ccccc35)nc3ccc4ccccc4c23)cc1. The topological polar surface area (TPSA) is 104 Å². The van der Waals surface area contributed by atoms with Crippen LogP contribution in [0.15, 0.2) is 361 Å². The molecule has 107 heavy (non-hydrogen) atoms. The number of para-hydroxylation sites is 3. The van der Waals surface area contributed by atoms with Crippen molar-refractivity contribution in [2.75, 3.05) is 0 Å². The lowest BCUT2D eigenvalue weighted by atomic mass is 9.98. The summed E-state index contributed by atoms with van der Waals surface area (Å²) in [6, 6.07) is 122. The van der Waals surface area contributed by atoms with Crippen molar-refractivity contribution in [3.63, 3.8) is 0 Å². The van der Waals surface area contributed by atoms with Gasteiger partial charge in [0.05, 0.1) is 33.6 Å². The number of aromatic nitrogens is 6. The number of furan rings is 2. The molecule has 0 aliphatic heterocycles. The van der Waals surface area contributed by atoms with E-state index < -0.39 is 0 Å². The molecule has 8 nitrogen and oxygen atoms in total. The van der Waals surface area contributed by atoms with Crippen LogP contribution in [0.4, 0.5) is 0 Å². The van der Waals surface area contributed by atoms with Crippen molar-refractivity contribution >= 4 is 162 Å². The van der Waals surface area contributed by atoms with E-state index in [-0.39, 0.29) is 0 Å². The van der Waals surface area contributed by atoms with E-state index in [9.17, 15) is 0 Å². The highest BCUT2D eigenvalue weighted by Crippen LogP contribution is 2.44. The van der Waals surface area contributed by atoms with Gasteiger partial charge in [-0.05, 0) is 121 Å². The zero-order chi connectivity index (χ0) is 70.5. The van der Waals surface area contributed by atoms with E-state index in [1.54, 1.807) is 0 Å². The first-order chi connectivity index (χ1) is 53.0. The van der Waals surface area contributed by atoms with Crippen molar-refractivity contribution in [3.05, 3.63) is 352 Å². The lowest BCUT2D eigenvalue weighted by Crippen LogP contribution is -1.96. The predicted octanol–water partition coefficient (Wildman–Crippen LogP) is 26.8. The first-order valence-electron chi connectivity index (χ1n) is 35.9. The molecule has 17 aromatic carbocycles. The van der Waals surface area contributed by atoms with Crippen LogP contribution in [0.1, 0.15) is 0 Å². The van der Waals surface area contributed by atoms with E-state index in [4.69, 9.17) is 38.7 Å². The number of thiophene rings is 1. The van der Waals surface area contributed by atoms with Gasteiger partial charge in [0.15, 0.2) is 17.5 Å². The Balaban J connectivity index is 0.000000103. The van der Waals surface area contributed by atoms with Gasteiger partial charge < -0.3 is 8.83 Å². The molecular formula is C98H58N6O2S. The van der Waals surface area contributed by atoms with Crippen molar-refractivity contribution in [2.24, 2.45) is 0 Å². The van der Waals surface area contributed by atoms with E-state index in [1.807, 2.05) is 84.1 Å². The zero-order valence-corrected chi connectivity index (χ0v) is 58.2. The first-order valence-corrected chi connectivity index (χ1v) is 36.7. The van der Waals surface area contributed by atoms with E-state index in [0.717, 1.165) is 160 Å². The molecule has 0 saturated heterocycles. The monoisotopic (exact) mass is 1380 g/mol. The Bertz CT molecular complexity index is 7520. The van der Waals surface area contributed by atoms with Crippen molar-refractivity contribution in [3.8, 4) is 67.9 Å². The Labute approximate surface area is 616 Å². The summed E-state index contributed by atoms with van der Waals surface area (Å²) >= 11 is 1.84. The maximum Gasteiger partial charge on any atom is 0.161 e. The van der Waals surface area contributed by atoms with Crippen molar-refractivity contribution < 1.29 is 8.83 Å². The van der Waals surface area contributed by atoms with Crippen LogP contribution in [0.5, 0.6) is 0 Å². The number of hydrogen-bond donors (Lipinski definition) is 0. The Hall–Kier alpha value is -14.1. The first kappa shape index (κ1) is 61.5. The Kier molecular flexibility index (Phi) is 14.6. The third-order valence-corrected chi connectivity index (χ3v) is 21.9. The number of nitrogens with zero attached hydrogens (tertiary/aromatic N) is 6. The second kappa shape index (κ2) is 25.4. The van der Waals surface area contributed by atoms with Gasteiger partial charge in [0.25, 0.3) is 0 Å². The summed E-state index contributed by atoms with van der Waals surface area (Å²) in [5.74, 6) is 2.19. The maximum absolute atomic E-state index is 6.23. The molecule has 0 amide bonds. The van der Waals surface area contributed by atoms with Crippen molar-refractivity contribution in [1.29, 1.82) is 0 Å². The van der Waals surface area contributed by atoms with Gasteiger partial charge in [-0.1, -0.05) is 279 Å².